The molecule has 0 aliphatic carbocycles. The highest BCUT2D eigenvalue weighted by atomic mass is 16.7. The van der Waals surface area contributed by atoms with Crippen molar-refractivity contribution in [2.24, 2.45) is 5.41 Å². The van der Waals surface area contributed by atoms with E-state index in [9.17, 15) is 9.59 Å². The van der Waals surface area contributed by atoms with Crippen molar-refractivity contribution in [2.75, 3.05) is 6.79 Å². The first-order chi connectivity index (χ1) is 11.1. The summed E-state index contributed by atoms with van der Waals surface area (Å²) in [6, 6.07) is 5.41. The predicted octanol–water partition coefficient (Wildman–Crippen LogP) is 2.36. The number of ether oxygens (including phenoxy) is 2. The Morgan fingerprint density at radius 1 is 1.04 bits per heavy atom. The Kier molecular flexibility index (Phi) is 5.06. The van der Waals surface area contributed by atoms with Crippen LogP contribution in [0.2, 0.25) is 0 Å². The molecule has 6 nitrogen and oxygen atoms in total. The smallest absolute Gasteiger partial charge is 0.309 e. The van der Waals surface area contributed by atoms with E-state index in [1.807, 2.05) is 19.9 Å². The molecule has 6 heteroatoms. The topological polar surface area (TPSA) is 76.7 Å². The fraction of sp³-hybridized carbons (Fsp3) is 0.556. The van der Waals surface area contributed by atoms with Crippen LogP contribution in [-0.4, -0.2) is 24.1 Å². The Bertz CT molecular complexity index is 632. The van der Waals surface area contributed by atoms with Crippen LogP contribution < -0.4 is 20.1 Å². The van der Waals surface area contributed by atoms with Gasteiger partial charge in [-0.3, -0.25) is 9.59 Å². The summed E-state index contributed by atoms with van der Waals surface area (Å²) >= 11 is 0. The number of rotatable bonds is 4. The molecule has 0 saturated carbocycles. The van der Waals surface area contributed by atoms with Crippen LogP contribution >= 0.6 is 0 Å². The summed E-state index contributed by atoms with van der Waals surface area (Å²) in [6.07, 6.45) is 0.765. The predicted molar refractivity (Wildman–Crippen MR) is 90.7 cm³/mol. The maximum atomic E-state index is 12.1. The van der Waals surface area contributed by atoms with E-state index in [0.29, 0.717) is 11.5 Å². The lowest BCUT2D eigenvalue weighted by Gasteiger charge is -2.33. The molecule has 0 fully saturated rings. The number of carbonyl (C=O) groups is 2. The number of benzene rings is 1. The minimum Gasteiger partial charge on any atom is -0.454 e. The van der Waals surface area contributed by atoms with Crippen molar-refractivity contribution < 1.29 is 19.1 Å². The third-order valence-electron chi connectivity index (χ3n) is 3.52. The van der Waals surface area contributed by atoms with E-state index in [0.717, 1.165) is 12.0 Å². The van der Waals surface area contributed by atoms with Gasteiger partial charge in [0.05, 0.1) is 0 Å². The van der Waals surface area contributed by atoms with Crippen LogP contribution in [0.15, 0.2) is 18.2 Å². The highest BCUT2D eigenvalue weighted by Crippen LogP contribution is 2.32. The van der Waals surface area contributed by atoms with Crippen LogP contribution in [0.25, 0.3) is 0 Å². The summed E-state index contributed by atoms with van der Waals surface area (Å²) in [4.78, 5) is 24.1. The number of nitrogens with one attached hydrogen (secondary N) is 2. The van der Waals surface area contributed by atoms with Crippen LogP contribution in [0.3, 0.4) is 0 Å². The van der Waals surface area contributed by atoms with E-state index >= 15 is 0 Å². The highest BCUT2D eigenvalue weighted by Gasteiger charge is 2.29. The van der Waals surface area contributed by atoms with Crippen molar-refractivity contribution in [3.8, 4) is 11.5 Å². The van der Waals surface area contributed by atoms with Crippen molar-refractivity contribution in [3.63, 3.8) is 0 Å². The van der Waals surface area contributed by atoms with Gasteiger partial charge >= 0.3 is 11.8 Å². The molecule has 0 bridgehead atoms. The Morgan fingerprint density at radius 3 is 2.38 bits per heavy atom. The van der Waals surface area contributed by atoms with Crippen molar-refractivity contribution in [1.29, 1.82) is 0 Å². The minimum atomic E-state index is -0.644. The van der Waals surface area contributed by atoms with Crippen LogP contribution in [-0.2, 0) is 16.1 Å². The summed E-state index contributed by atoms with van der Waals surface area (Å²) in [5.41, 5.74) is 0.444. The molecule has 1 aliphatic rings. The standard InChI is InChI=1S/C18H26N2O4/c1-17(2,3)10-18(4,5)20-16(22)15(21)19-9-12-6-7-13-14(8-12)24-11-23-13/h6-8H,9-11H2,1-5H3,(H,19,21)(H,20,22). The summed E-state index contributed by atoms with van der Waals surface area (Å²) < 4.78 is 10.5. The third kappa shape index (κ3) is 5.15. The van der Waals surface area contributed by atoms with Gasteiger partial charge in [0.2, 0.25) is 6.79 Å². The van der Waals surface area contributed by atoms with Gasteiger partial charge in [-0.05, 0) is 43.4 Å². The highest BCUT2D eigenvalue weighted by molar-refractivity contribution is 6.35. The number of fused-ring (bicyclic) bond motifs is 1. The van der Waals surface area contributed by atoms with Crippen molar-refractivity contribution in [2.45, 2.75) is 53.1 Å². The lowest BCUT2D eigenvalue weighted by molar-refractivity contribution is -0.140. The summed E-state index contributed by atoms with van der Waals surface area (Å²) in [5.74, 6) is 0.0731. The molecule has 0 aromatic heterocycles. The molecule has 1 aromatic carbocycles. The summed E-state index contributed by atoms with van der Waals surface area (Å²) in [6.45, 7) is 10.6. The first-order valence-electron chi connectivity index (χ1n) is 8.05. The number of hydrogen-bond acceptors (Lipinski definition) is 4. The van der Waals surface area contributed by atoms with Gasteiger partial charge in [0, 0.05) is 12.1 Å². The molecule has 0 unspecified atom stereocenters. The van der Waals surface area contributed by atoms with E-state index in [2.05, 4.69) is 31.4 Å². The zero-order valence-corrected chi connectivity index (χ0v) is 15.0. The summed E-state index contributed by atoms with van der Waals surface area (Å²) in [5, 5.41) is 5.42. The van der Waals surface area contributed by atoms with E-state index in [1.54, 1.807) is 12.1 Å². The van der Waals surface area contributed by atoms with E-state index in [4.69, 9.17) is 9.47 Å². The average Bonchev–Trinajstić information content (AvgIpc) is 2.88. The van der Waals surface area contributed by atoms with Gasteiger partial charge in [0.25, 0.3) is 0 Å². The Morgan fingerprint density at radius 2 is 1.71 bits per heavy atom. The van der Waals surface area contributed by atoms with E-state index in [-0.39, 0.29) is 18.8 Å². The van der Waals surface area contributed by atoms with Gasteiger partial charge in [0.15, 0.2) is 11.5 Å². The normalized spacial score (nSPS) is 13.5. The van der Waals surface area contributed by atoms with Crippen LogP contribution in [0, 0.1) is 5.41 Å². The van der Waals surface area contributed by atoms with Crippen molar-refractivity contribution in [1.82, 2.24) is 10.6 Å². The fourth-order valence-electron chi connectivity index (χ4n) is 3.05. The average molecular weight is 334 g/mol. The molecular weight excluding hydrogens is 308 g/mol. The molecule has 1 aromatic rings. The third-order valence-corrected chi connectivity index (χ3v) is 3.52. The zero-order valence-electron chi connectivity index (χ0n) is 15.0. The number of hydrogen-bond donors (Lipinski definition) is 2. The van der Waals surface area contributed by atoms with Crippen LogP contribution in [0.1, 0.15) is 46.6 Å². The van der Waals surface area contributed by atoms with Gasteiger partial charge in [-0.25, -0.2) is 0 Å². The molecule has 2 N–H and O–H groups in total. The van der Waals surface area contributed by atoms with Gasteiger partial charge in [-0.2, -0.15) is 0 Å². The van der Waals surface area contributed by atoms with Crippen molar-refractivity contribution in [3.05, 3.63) is 23.8 Å². The SMILES string of the molecule is CC(C)(C)CC(C)(C)NC(=O)C(=O)NCc1ccc2c(c1)OCO2. The second-order valence-electron chi connectivity index (χ2n) is 7.95. The second kappa shape index (κ2) is 6.71. The quantitative estimate of drug-likeness (QED) is 0.829. The molecule has 0 radical (unpaired) electrons. The summed E-state index contributed by atoms with van der Waals surface area (Å²) in [7, 11) is 0. The maximum absolute atomic E-state index is 12.1. The van der Waals surface area contributed by atoms with E-state index < -0.39 is 17.4 Å². The first-order valence-corrected chi connectivity index (χ1v) is 8.05. The monoisotopic (exact) mass is 334 g/mol. The molecule has 0 spiro atoms. The van der Waals surface area contributed by atoms with Gasteiger partial charge in [0.1, 0.15) is 0 Å². The zero-order chi connectivity index (χ0) is 18.0. The van der Waals surface area contributed by atoms with Gasteiger partial charge < -0.3 is 20.1 Å². The molecular formula is C18H26N2O4. The molecule has 132 valence electrons. The molecule has 1 heterocycles. The molecule has 24 heavy (non-hydrogen) atoms. The van der Waals surface area contributed by atoms with Crippen LogP contribution in [0.5, 0.6) is 11.5 Å². The number of amides is 2. The van der Waals surface area contributed by atoms with Crippen molar-refractivity contribution >= 4 is 11.8 Å². The lowest BCUT2D eigenvalue weighted by atomic mass is 9.82. The molecule has 2 amide bonds. The Hall–Kier alpha value is -2.24. The maximum Gasteiger partial charge on any atom is 0.309 e. The van der Waals surface area contributed by atoms with Gasteiger partial charge in [-0.1, -0.05) is 26.8 Å². The lowest BCUT2D eigenvalue weighted by Crippen LogP contribution is -2.51. The van der Waals surface area contributed by atoms with Gasteiger partial charge in [-0.15, -0.1) is 0 Å². The Labute approximate surface area is 142 Å². The second-order valence-corrected chi connectivity index (χ2v) is 7.95. The molecule has 2 rings (SSSR count). The molecule has 0 atom stereocenters. The van der Waals surface area contributed by atoms with Crippen LogP contribution in [0.4, 0.5) is 0 Å². The fourth-order valence-corrected chi connectivity index (χ4v) is 3.05. The molecule has 1 aliphatic heterocycles. The Balaban J connectivity index is 1.87. The number of carbonyl (C=O) groups excluding carboxylic acids is 2. The van der Waals surface area contributed by atoms with E-state index in [1.165, 1.54) is 0 Å². The minimum absolute atomic E-state index is 0.0553. The first kappa shape index (κ1) is 18.1. The largest absolute Gasteiger partial charge is 0.454 e. The molecule has 0 saturated heterocycles.